The Morgan fingerprint density at radius 3 is 3.11 bits per heavy atom. The van der Waals surface area contributed by atoms with E-state index in [0.29, 0.717) is 12.1 Å². The molecule has 1 fully saturated rings. The molecule has 1 aromatic rings. The number of aldehydes is 1. The molecule has 0 amide bonds. The fourth-order valence-electron chi connectivity index (χ4n) is 2.38. The van der Waals surface area contributed by atoms with Crippen LogP contribution in [-0.4, -0.2) is 24.3 Å². The first-order valence-corrected chi connectivity index (χ1v) is 6.09. The minimum Gasteiger partial charge on any atom is -0.303 e. The van der Waals surface area contributed by atoms with Gasteiger partial charge in [-0.1, -0.05) is 6.07 Å². The van der Waals surface area contributed by atoms with E-state index in [9.17, 15) is 9.18 Å². The average molecular weight is 246 g/mol. The van der Waals surface area contributed by atoms with Gasteiger partial charge in [0.2, 0.25) is 0 Å². The van der Waals surface area contributed by atoms with Gasteiger partial charge in [-0.15, -0.1) is 0 Å². The number of carbonyl (C=O) groups excluding carboxylic acids is 1. The molecule has 3 nitrogen and oxygen atoms in total. The summed E-state index contributed by atoms with van der Waals surface area (Å²) in [5.41, 5.74) is 1.20. The minimum absolute atomic E-state index is 0.0877. The van der Waals surface area contributed by atoms with Crippen molar-refractivity contribution in [1.82, 2.24) is 4.90 Å². The molecule has 1 aromatic carbocycles. The van der Waals surface area contributed by atoms with Gasteiger partial charge in [0.1, 0.15) is 12.1 Å². The topological polar surface area (TPSA) is 44.1 Å². The molecule has 0 saturated carbocycles. The maximum atomic E-state index is 13.0. The lowest BCUT2D eigenvalue weighted by Crippen LogP contribution is -2.35. The molecule has 4 heteroatoms. The molecule has 1 saturated heterocycles. The summed E-state index contributed by atoms with van der Waals surface area (Å²) in [6, 6.07) is 6.30. The van der Waals surface area contributed by atoms with Gasteiger partial charge in [0, 0.05) is 19.0 Å². The summed E-state index contributed by atoms with van der Waals surface area (Å²) < 4.78 is 13.0. The summed E-state index contributed by atoms with van der Waals surface area (Å²) in [6.07, 6.45) is 2.93. The second-order valence-corrected chi connectivity index (χ2v) is 4.69. The predicted octanol–water partition coefficient (Wildman–Crippen LogP) is 2.11. The Morgan fingerprint density at radius 1 is 1.56 bits per heavy atom. The molecule has 0 aliphatic carbocycles. The second kappa shape index (κ2) is 5.74. The Labute approximate surface area is 106 Å². The van der Waals surface area contributed by atoms with Gasteiger partial charge in [-0.05, 0) is 37.1 Å². The van der Waals surface area contributed by atoms with Crippen LogP contribution in [-0.2, 0) is 11.3 Å². The highest BCUT2D eigenvalue weighted by Gasteiger charge is 2.20. The van der Waals surface area contributed by atoms with E-state index in [-0.39, 0.29) is 11.7 Å². The van der Waals surface area contributed by atoms with Gasteiger partial charge in [0.05, 0.1) is 11.6 Å². The largest absolute Gasteiger partial charge is 0.303 e. The van der Waals surface area contributed by atoms with E-state index in [4.69, 9.17) is 5.26 Å². The maximum absolute atomic E-state index is 13.0. The lowest BCUT2D eigenvalue weighted by Gasteiger charge is -2.30. The van der Waals surface area contributed by atoms with Crippen LogP contribution < -0.4 is 0 Å². The number of rotatable bonds is 3. The summed E-state index contributed by atoms with van der Waals surface area (Å²) in [6.45, 7) is 2.26. The van der Waals surface area contributed by atoms with Crippen LogP contribution in [0.4, 0.5) is 4.39 Å². The Hall–Kier alpha value is -1.73. The molecule has 1 unspecified atom stereocenters. The number of benzene rings is 1. The molecule has 0 spiro atoms. The van der Waals surface area contributed by atoms with Crippen molar-refractivity contribution < 1.29 is 9.18 Å². The Bertz CT molecular complexity index is 481. The van der Waals surface area contributed by atoms with Crippen LogP contribution >= 0.6 is 0 Å². The van der Waals surface area contributed by atoms with Gasteiger partial charge in [-0.25, -0.2) is 4.39 Å². The molecular weight excluding hydrogens is 231 g/mol. The monoisotopic (exact) mass is 246 g/mol. The number of likely N-dealkylation sites (tertiary alicyclic amines) is 1. The predicted molar refractivity (Wildman–Crippen MR) is 65.2 cm³/mol. The molecule has 18 heavy (non-hydrogen) atoms. The van der Waals surface area contributed by atoms with E-state index in [1.807, 2.05) is 6.07 Å². The molecule has 1 aliphatic rings. The summed E-state index contributed by atoms with van der Waals surface area (Å²) in [7, 11) is 0. The highest BCUT2D eigenvalue weighted by atomic mass is 19.1. The first kappa shape index (κ1) is 12.7. The molecule has 1 atom stereocenters. The number of hydrogen-bond acceptors (Lipinski definition) is 3. The lowest BCUT2D eigenvalue weighted by atomic mass is 9.98. The van der Waals surface area contributed by atoms with E-state index in [1.54, 1.807) is 6.07 Å². The highest BCUT2D eigenvalue weighted by Crippen LogP contribution is 2.19. The normalized spacial score (nSPS) is 20.3. The molecule has 0 N–H and O–H groups in total. The summed E-state index contributed by atoms with van der Waals surface area (Å²) in [5, 5.41) is 8.98. The molecule has 0 aromatic heterocycles. The smallest absolute Gasteiger partial charge is 0.124 e. The summed E-state index contributed by atoms with van der Waals surface area (Å²) in [4.78, 5) is 12.9. The third-order valence-corrected chi connectivity index (χ3v) is 3.32. The third kappa shape index (κ3) is 2.93. The van der Waals surface area contributed by atoms with Crippen molar-refractivity contribution in [1.29, 1.82) is 5.26 Å². The van der Waals surface area contributed by atoms with E-state index >= 15 is 0 Å². The number of carbonyl (C=O) groups is 1. The van der Waals surface area contributed by atoms with Crippen molar-refractivity contribution >= 4 is 6.29 Å². The van der Waals surface area contributed by atoms with Crippen LogP contribution in [0.5, 0.6) is 0 Å². The zero-order valence-corrected chi connectivity index (χ0v) is 10.1. The van der Waals surface area contributed by atoms with Gasteiger partial charge < -0.3 is 4.79 Å². The number of halogens is 1. The Morgan fingerprint density at radius 2 is 2.39 bits per heavy atom. The first-order valence-electron chi connectivity index (χ1n) is 6.09. The molecular formula is C14H15FN2O. The fourth-order valence-corrected chi connectivity index (χ4v) is 2.38. The quantitative estimate of drug-likeness (QED) is 0.767. The molecule has 0 radical (unpaired) electrons. The van der Waals surface area contributed by atoms with Crippen LogP contribution in [0.25, 0.3) is 0 Å². The minimum atomic E-state index is -0.389. The van der Waals surface area contributed by atoms with Crippen molar-refractivity contribution in [3.63, 3.8) is 0 Å². The van der Waals surface area contributed by atoms with Crippen molar-refractivity contribution in [2.75, 3.05) is 13.1 Å². The van der Waals surface area contributed by atoms with Crippen molar-refractivity contribution in [2.45, 2.75) is 19.4 Å². The Balaban J connectivity index is 2.09. The molecule has 2 rings (SSSR count). The van der Waals surface area contributed by atoms with E-state index in [1.165, 1.54) is 12.1 Å². The van der Waals surface area contributed by atoms with Crippen LogP contribution in [0.1, 0.15) is 24.0 Å². The van der Waals surface area contributed by atoms with Gasteiger partial charge in [-0.3, -0.25) is 4.90 Å². The van der Waals surface area contributed by atoms with Gasteiger partial charge in [-0.2, -0.15) is 5.26 Å². The number of hydrogen-bond donors (Lipinski definition) is 0. The van der Waals surface area contributed by atoms with Crippen LogP contribution in [0.2, 0.25) is 0 Å². The van der Waals surface area contributed by atoms with Gasteiger partial charge in [0.25, 0.3) is 0 Å². The van der Waals surface area contributed by atoms with Gasteiger partial charge in [0.15, 0.2) is 0 Å². The lowest BCUT2D eigenvalue weighted by molar-refractivity contribution is -0.112. The molecule has 0 bridgehead atoms. The summed E-state index contributed by atoms with van der Waals surface area (Å²) >= 11 is 0. The SMILES string of the molecule is N#Cc1cc(F)ccc1CN1CCCC(C=O)C1. The molecule has 94 valence electrons. The van der Waals surface area contributed by atoms with E-state index in [2.05, 4.69) is 4.90 Å². The van der Waals surface area contributed by atoms with Crippen molar-refractivity contribution in [3.8, 4) is 6.07 Å². The Kier molecular flexibility index (Phi) is 4.06. The van der Waals surface area contributed by atoms with Crippen LogP contribution in [0.3, 0.4) is 0 Å². The fraction of sp³-hybridized carbons (Fsp3) is 0.429. The zero-order chi connectivity index (χ0) is 13.0. The average Bonchev–Trinajstić information content (AvgIpc) is 2.41. The van der Waals surface area contributed by atoms with Crippen LogP contribution in [0, 0.1) is 23.1 Å². The number of nitriles is 1. The van der Waals surface area contributed by atoms with Crippen molar-refractivity contribution in [3.05, 3.63) is 35.1 Å². The number of piperidine rings is 1. The van der Waals surface area contributed by atoms with Crippen LogP contribution in [0.15, 0.2) is 18.2 Å². The first-order chi connectivity index (χ1) is 8.72. The standard InChI is InChI=1S/C14H15FN2O/c15-14-4-3-12(13(6-14)7-16)9-17-5-1-2-11(8-17)10-18/h3-4,6,10-11H,1-2,5,8-9H2. The third-order valence-electron chi connectivity index (χ3n) is 3.32. The van der Waals surface area contributed by atoms with Gasteiger partial charge >= 0.3 is 0 Å². The van der Waals surface area contributed by atoms with E-state index < -0.39 is 0 Å². The van der Waals surface area contributed by atoms with Crippen molar-refractivity contribution in [2.24, 2.45) is 5.92 Å². The number of nitrogens with zero attached hydrogens (tertiary/aromatic N) is 2. The zero-order valence-electron chi connectivity index (χ0n) is 10.1. The van der Waals surface area contributed by atoms with E-state index in [0.717, 1.165) is 37.8 Å². The molecule has 1 aliphatic heterocycles. The summed E-state index contributed by atoms with van der Waals surface area (Å²) in [5.74, 6) is -0.301. The maximum Gasteiger partial charge on any atom is 0.124 e. The highest BCUT2D eigenvalue weighted by molar-refractivity contribution is 5.54. The molecule has 1 heterocycles. The second-order valence-electron chi connectivity index (χ2n) is 4.69.